The van der Waals surface area contributed by atoms with Crippen LogP contribution in [0.15, 0.2) is 17.6 Å². The van der Waals surface area contributed by atoms with E-state index in [1.807, 2.05) is 17.8 Å². The zero-order valence-corrected chi connectivity index (χ0v) is 9.08. The van der Waals surface area contributed by atoms with Crippen LogP contribution in [0.2, 0.25) is 0 Å². The van der Waals surface area contributed by atoms with Crippen LogP contribution in [-0.2, 0) is 16.6 Å². The molecule has 1 aliphatic heterocycles. The van der Waals surface area contributed by atoms with Gasteiger partial charge < -0.3 is 4.57 Å². The first kappa shape index (κ1) is 10.2. The van der Waals surface area contributed by atoms with Gasteiger partial charge in [0.1, 0.15) is 0 Å². The van der Waals surface area contributed by atoms with Gasteiger partial charge in [-0.15, -0.1) is 0 Å². The number of hydrogen-bond acceptors (Lipinski definition) is 4. The molecule has 0 radical (unpaired) electrons. The molecular weight excluding hydrogens is 214 g/mol. The summed E-state index contributed by atoms with van der Waals surface area (Å²) >= 11 is 1.40. The Labute approximate surface area is 91.3 Å². The summed E-state index contributed by atoms with van der Waals surface area (Å²) in [6.07, 6.45) is 4.51. The van der Waals surface area contributed by atoms with Gasteiger partial charge >= 0.3 is 0 Å². The normalized spacial score (nSPS) is 21.5. The fourth-order valence-electron chi connectivity index (χ4n) is 1.38. The first-order chi connectivity index (χ1) is 7.16. The molecule has 1 unspecified atom stereocenters. The third-order valence-electron chi connectivity index (χ3n) is 2.21. The van der Waals surface area contributed by atoms with E-state index in [1.54, 1.807) is 6.20 Å². The number of nitrogens with one attached hydrogen (secondary N) is 1. The largest absolute Gasteiger partial charge is 0.329 e. The van der Waals surface area contributed by atoms with Gasteiger partial charge in [-0.1, -0.05) is 11.8 Å². The highest BCUT2D eigenvalue weighted by atomic mass is 32.2. The van der Waals surface area contributed by atoms with E-state index in [2.05, 4.69) is 10.3 Å². The molecule has 2 heterocycles. The number of nitrogens with zero attached hydrogens (tertiary/aromatic N) is 2. The van der Waals surface area contributed by atoms with E-state index >= 15 is 0 Å². The summed E-state index contributed by atoms with van der Waals surface area (Å²) in [7, 11) is 1.88. The van der Waals surface area contributed by atoms with Crippen molar-refractivity contribution in [1.29, 1.82) is 0 Å². The Kier molecular flexibility index (Phi) is 2.77. The smallest absolute Gasteiger partial charge is 0.240 e. The first-order valence-electron chi connectivity index (χ1n) is 4.64. The molecule has 2 amide bonds. The Hall–Kier alpha value is -1.30. The van der Waals surface area contributed by atoms with Gasteiger partial charge in [-0.05, 0) is 6.42 Å². The SMILES string of the molecule is Cn1ccnc1SC1CCC(=O)NC1=O. The van der Waals surface area contributed by atoms with E-state index < -0.39 is 0 Å². The number of carbonyl (C=O) groups excluding carboxylic acids is 2. The van der Waals surface area contributed by atoms with Crippen LogP contribution >= 0.6 is 11.8 Å². The zero-order valence-electron chi connectivity index (χ0n) is 8.27. The van der Waals surface area contributed by atoms with Crippen molar-refractivity contribution in [2.45, 2.75) is 23.2 Å². The molecule has 1 N–H and O–H groups in total. The summed E-state index contributed by atoms with van der Waals surface area (Å²) in [4.78, 5) is 26.5. The summed E-state index contributed by atoms with van der Waals surface area (Å²) in [6.45, 7) is 0. The molecule has 1 aliphatic rings. The number of imidazole rings is 1. The Morgan fingerprint density at radius 1 is 1.60 bits per heavy atom. The van der Waals surface area contributed by atoms with Crippen molar-refractivity contribution in [2.75, 3.05) is 0 Å². The molecule has 0 aliphatic carbocycles. The lowest BCUT2D eigenvalue weighted by molar-refractivity contribution is -0.132. The van der Waals surface area contributed by atoms with Crippen LogP contribution in [0.3, 0.4) is 0 Å². The van der Waals surface area contributed by atoms with E-state index in [-0.39, 0.29) is 17.1 Å². The lowest BCUT2D eigenvalue weighted by Gasteiger charge is -2.19. The monoisotopic (exact) mass is 225 g/mol. The number of aromatic nitrogens is 2. The third kappa shape index (κ3) is 2.20. The number of hydrogen-bond donors (Lipinski definition) is 1. The summed E-state index contributed by atoms with van der Waals surface area (Å²) in [6, 6.07) is 0. The van der Waals surface area contributed by atoms with Crippen molar-refractivity contribution in [3.8, 4) is 0 Å². The van der Waals surface area contributed by atoms with Crippen molar-refractivity contribution < 1.29 is 9.59 Å². The second kappa shape index (κ2) is 4.06. The molecule has 1 fully saturated rings. The Bertz CT molecular complexity index is 402. The highest BCUT2D eigenvalue weighted by molar-refractivity contribution is 8.00. The minimum atomic E-state index is -0.209. The Morgan fingerprint density at radius 3 is 3.00 bits per heavy atom. The first-order valence-corrected chi connectivity index (χ1v) is 5.52. The van der Waals surface area contributed by atoms with Gasteiger partial charge in [0.2, 0.25) is 11.8 Å². The van der Waals surface area contributed by atoms with Gasteiger partial charge in [0.25, 0.3) is 0 Å². The number of piperidine rings is 1. The van der Waals surface area contributed by atoms with E-state index in [4.69, 9.17) is 0 Å². The molecule has 1 aromatic rings. The second-order valence-corrected chi connectivity index (χ2v) is 4.55. The quantitative estimate of drug-likeness (QED) is 0.736. The molecule has 1 saturated heterocycles. The average Bonchev–Trinajstić information content (AvgIpc) is 2.57. The van der Waals surface area contributed by atoms with Gasteiger partial charge in [-0.2, -0.15) is 0 Å². The fraction of sp³-hybridized carbons (Fsp3) is 0.444. The van der Waals surface area contributed by atoms with Crippen LogP contribution < -0.4 is 5.32 Å². The van der Waals surface area contributed by atoms with Crippen LogP contribution in [0.25, 0.3) is 0 Å². The number of imide groups is 1. The summed E-state index contributed by atoms with van der Waals surface area (Å²) in [5.74, 6) is -0.393. The molecule has 0 saturated carbocycles. The zero-order chi connectivity index (χ0) is 10.8. The molecule has 2 rings (SSSR count). The van der Waals surface area contributed by atoms with Gasteiger partial charge in [-0.25, -0.2) is 4.98 Å². The van der Waals surface area contributed by atoms with Gasteiger partial charge in [0.05, 0.1) is 5.25 Å². The maximum Gasteiger partial charge on any atom is 0.240 e. The van der Waals surface area contributed by atoms with Crippen LogP contribution in [0.5, 0.6) is 0 Å². The van der Waals surface area contributed by atoms with Crippen molar-refractivity contribution in [3.05, 3.63) is 12.4 Å². The third-order valence-corrected chi connectivity index (χ3v) is 3.55. The molecule has 80 valence electrons. The number of rotatable bonds is 2. The predicted octanol–water partition coefficient (Wildman–Crippen LogP) is 0.317. The number of thioether (sulfide) groups is 1. The van der Waals surface area contributed by atoms with Crippen molar-refractivity contribution in [3.63, 3.8) is 0 Å². The highest BCUT2D eigenvalue weighted by Gasteiger charge is 2.28. The minimum Gasteiger partial charge on any atom is -0.329 e. The van der Waals surface area contributed by atoms with Crippen molar-refractivity contribution in [2.24, 2.45) is 7.05 Å². The maximum absolute atomic E-state index is 11.5. The predicted molar refractivity (Wildman–Crippen MR) is 55.2 cm³/mol. The standard InChI is InChI=1S/C9H11N3O2S/c1-12-5-4-10-9(12)15-6-2-3-7(13)11-8(6)14/h4-6H,2-3H2,1H3,(H,11,13,14). The van der Waals surface area contributed by atoms with E-state index in [0.717, 1.165) is 5.16 Å². The van der Waals surface area contributed by atoms with E-state index in [1.165, 1.54) is 11.8 Å². The van der Waals surface area contributed by atoms with Crippen molar-refractivity contribution in [1.82, 2.24) is 14.9 Å². The van der Waals surface area contributed by atoms with Crippen LogP contribution in [0.4, 0.5) is 0 Å². The molecule has 6 heteroatoms. The summed E-state index contributed by atoms with van der Waals surface area (Å²) < 4.78 is 1.86. The maximum atomic E-state index is 11.5. The summed E-state index contributed by atoms with van der Waals surface area (Å²) in [5.41, 5.74) is 0. The highest BCUT2D eigenvalue weighted by Crippen LogP contribution is 2.26. The topological polar surface area (TPSA) is 64.0 Å². The number of aryl methyl sites for hydroxylation is 1. The molecule has 1 atom stereocenters. The Morgan fingerprint density at radius 2 is 2.40 bits per heavy atom. The number of amides is 2. The average molecular weight is 225 g/mol. The minimum absolute atomic E-state index is 0.184. The fourth-order valence-corrected chi connectivity index (χ4v) is 2.38. The van der Waals surface area contributed by atoms with E-state index in [0.29, 0.717) is 12.8 Å². The molecular formula is C9H11N3O2S. The molecule has 0 aromatic carbocycles. The molecule has 0 bridgehead atoms. The molecule has 1 aromatic heterocycles. The van der Waals surface area contributed by atoms with Crippen molar-refractivity contribution >= 4 is 23.6 Å². The number of carbonyl (C=O) groups is 2. The van der Waals surface area contributed by atoms with E-state index in [9.17, 15) is 9.59 Å². The lowest BCUT2D eigenvalue weighted by Crippen LogP contribution is -2.42. The van der Waals surface area contributed by atoms with Gasteiger partial charge in [0, 0.05) is 25.9 Å². The lowest BCUT2D eigenvalue weighted by atomic mass is 10.1. The van der Waals surface area contributed by atoms with Crippen LogP contribution in [0, 0.1) is 0 Å². The van der Waals surface area contributed by atoms with Crippen LogP contribution in [0.1, 0.15) is 12.8 Å². The molecule has 15 heavy (non-hydrogen) atoms. The van der Waals surface area contributed by atoms with Crippen LogP contribution in [-0.4, -0.2) is 26.6 Å². The van der Waals surface area contributed by atoms with Gasteiger partial charge in [-0.3, -0.25) is 14.9 Å². The molecule has 5 nitrogen and oxygen atoms in total. The second-order valence-electron chi connectivity index (χ2n) is 3.38. The summed E-state index contributed by atoms with van der Waals surface area (Å²) in [5, 5.41) is 2.92. The Balaban J connectivity index is 2.04. The van der Waals surface area contributed by atoms with Gasteiger partial charge in [0.15, 0.2) is 5.16 Å². The molecule has 0 spiro atoms.